The Morgan fingerprint density at radius 2 is 2.04 bits per heavy atom. The molecule has 1 atom stereocenters. The average molecular weight is 471 g/mol. The van der Waals surface area contributed by atoms with Crippen LogP contribution in [0.4, 0.5) is 0 Å². The van der Waals surface area contributed by atoms with Crippen molar-refractivity contribution in [2.24, 2.45) is 0 Å². The summed E-state index contributed by atoms with van der Waals surface area (Å²) in [7, 11) is 0. The van der Waals surface area contributed by atoms with Crippen LogP contribution in [-0.4, -0.2) is 14.6 Å². The van der Waals surface area contributed by atoms with E-state index in [0.29, 0.717) is 20.1 Å². The van der Waals surface area contributed by atoms with Gasteiger partial charge in [0, 0.05) is 38.9 Å². The standard InChI is InChI=1S/C18H14BrCl2N3O3/c19-16-9-14(20)5-6-15(16)18(27-24(25)26,11-23-8-7-22-12-23)10-13-3-1-2-4-17(13)21/h1-9,12H,10-11H2. The van der Waals surface area contributed by atoms with E-state index in [2.05, 4.69) is 20.9 Å². The predicted octanol–water partition coefficient (Wildman–Crippen LogP) is 5.30. The van der Waals surface area contributed by atoms with Crippen LogP contribution in [0.15, 0.2) is 65.7 Å². The lowest BCUT2D eigenvalue weighted by Crippen LogP contribution is -2.39. The number of rotatable bonds is 7. The molecule has 1 aromatic heterocycles. The van der Waals surface area contributed by atoms with Crippen molar-refractivity contribution < 1.29 is 9.92 Å². The van der Waals surface area contributed by atoms with Gasteiger partial charge < -0.3 is 9.40 Å². The fourth-order valence-corrected chi connectivity index (χ4v) is 4.22. The van der Waals surface area contributed by atoms with Crippen LogP contribution in [0.1, 0.15) is 11.1 Å². The molecule has 2 aromatic carbocycles. The highest BCUT2D eigenvalue weighted by atomic mass is 79.9. The molecule has 0 aliphatic heterocycles. The van der Waals surface area contributed by atoms with Crippen molar-refractivity contribution >= 4 is 39.1 Å². The third kappa shape index (κ3) is 4.61. The third-order valence-electron chi connectivity index (χ3n) is 4.10. The molecule has 0 spiro atoms. The highest BCUT2D eigenvalue weighted by Crippen LogP contribution is 2.39. The summed E-state index contributed by atoms with van der Waals surface area (Å²) >= 11 is 15.8. The summed E-state index contributed by atoms with van der Waals surface area (Å²) in [6.45, 7) is 0.152. The van der Waals surface area contributed by atoms with Crippen molar-refractivity contribution in [3.05, 3.63) is 96.9 Å². The minimum Gasteiger partial charge on any atom is -0.335 e. The van der Waals surface area contributed by atoms with E-state index in [1.54, 1.807) is 53.6 Å². The molecule has 27 heavy (non-hydrogen) atoms. The summed E-state index contributed by atoms with van der Waals surface area (Å²) in [5.41, 5.74) is -0.0429. The van der Waals surface area contributed by atoms with E-state index < -0.39 is 10.7 Å². The molecule has 0 aliphatic carbocycles. The van der Waals surface area contributed by atoms with E-state index in [-0.39, 0.29) is 13.0 Å². The number of hydrogen-bond donors (Lipinski definition) is 0. The minimum atomic E-state index is -1.35. The normalized spacial score (nSPS) is 13.1. The molecular formula is C18H14BrCl2N3O3. The van der Waals surface area contributed by atoms with E-state index in [1.165, 1.54) is 0 Å². The van der Waals surface area contributed by atoms with Crippen LogP contribution < -0.4 is 0 Å². The molecule has 140 valence electrons. The van der Waals surface area contributed by atoms with E-state index in [4.69, 9.17) is 28.0 Å². The Bertz CT molecular complexity index is 953. The molecule has 1 unspecified atom stereocenters. The van der Waals surface area contributed by atoms with Gasteiger partial charge in [0.2, 0.25) is 0 Å². The highest BCUT2D eigenvalue weighted by Gasteiger charge is 2.39. The van der Waals surface area contributed by atoms with Gasteiger partial charge in [-0.25, -0.2) is 4.98 Å². The summed E-state index contributed by atoms with van der Waals surface area (Å²) in [6.07, 6.45) is 5.07. The maximum Gasteiger partial charge on any atom is 0.295 e. The van der Waals surface area contributed by atoms with Crippen molar-refractivity contribution in [3.63, 3.8) is 0 Å². The van der Waals surface area contributed by atoms with Crippen LogP contribution in [0.5, 0.6) is 0 Å². The molecular weight excluding hydrogens is 457 g/mol. The van der Waals surface area contributed by atoms with E-state index >= 15 is 0 Å². The van der Waals surface area contributed by atoms with Gasteiger partial charge in [-0.05, 0) is 23.8 Å². The van der Waals surface area contributed by atoms with Crippen LogP contribution in [0.3, 0.4) is 0 Å². The molecule has 0 saturated heterocycles. The zero-order chi connectivity index (χ0) is 19.4. The molecule has 1 heterocycles. The number of halogens is 3. The van der Waals surface area contributed by atoms with Crippen molar-refractivity contribution in [1.29, 1.82) is 0 Å². The van der Waals surface area contributed by atoms with Crippen molar-refractivity contribution in [1.82, 2.24) is 9.55 Å². The second-order valence-corrected chi connectivity index (χ2v) is 7.63. The van der Waals surface area contributed by atoms with E-state index in [9.17, 15) is 10.1 Å². The second-order valence-electron chi connectivity index (χ2n) is 5.94. The second kappa shape index (κ2) is 8.29. The summed E-state index contributed by atoms with van der Waals surface area (Å²) in [6, 6.07) is 12.2. The van der Waals surface area contributed by atoms with Gasteiger partial charge in [0.15, 0.2) is 5.60 Å². The zero-order valence-electron chi connectivity index (χ0n) is 13.9. The fraction of sp³-hybridized carbons (Fsp3) is 0.167. The van der Waals surface area contributed by atoms with Crippen LogP contribution in [0.2, 0.25) is 10.0 Å². The Kier molecular flexibility index (Phi) is 6.04. The first-order chi connectivity index (χ1) is 12.9. The van der Waals surface area contributed by atoms with Gasteiger partial charge in [-0.3, -0.25) is 0 Å². The summed E-state index contributed by atoms with van der Waals surface area (Å²) in [4.78, 5) is 20.8. The number of aromatic nitrogens is 2. The van der Waals surface area contributed by atoms with Gasteiger partial charge in [-0.15, -0.1) is 10.1 Å². The summed E-state index contributed by atoms with van der Waals surface area (Å²) in [5.74, 6) is 0. The molecule has 0 fully saturated rings. The minimum absolute atomic E-state index is 0.152. The SMILES string of the molecule is O=[N+]([O-])OC(Cc1ccccc1Cl)(Cn1ccnc1)c1ccc(Cl)cc1Br. The third-order valence-corrected chi connectivity index (χ3v) is 5.36. The Balaban J connectivity index is 2.17. The van der Waals surface area contributed by atoms with Crippen LogP contribution in [0.25, 0.3) is 0 Å². The maximum absolute atomic E-state index is 11.5. The molecule has 9 heteroatoms. The molecule has 6 nitrogen and oxygen atoms in total. The fourth-order valence-electron chi connectivity index (χ4n) is 2.97. The Morgan fingerprint density at radius 3 is 2.67 bits per heavy atom. The van der Waals surface area contributed by atoms with Crippen molar-refractivity contribution in [2.45, 2.75) is 18.6 Å². The first-order valence-corrected chi connectivity index (χ1v) is 9.43. The molecule has 0 saturated carbocycles. The van der Waals surface area contributed by atoms with Crippen LogP contribution in [-0.2, 0) is 23.4 Å². The smallest absolute Gasteiger partial charge is 0.295 e. The van der Waals surface area contributed by atoms with Gasteiger partial charge in [0.25, 0.3) is 5.09 Å². The van der Waals surface area contributed by atoms with E-state index in [1.807, 2.05) is 12.1 Å². The van der Waals surface area contributed by atoms with E-state index in [0.717, 1.165) is 5.56 Å². The first-order valence-electron chi connectivity index (χ1n) is 7.88. The molecule has 0 aliphatic rings. The molecule has 0 N–H and O–H groups in total. The molecule has 3 aromatic rings. The lowest BCUT2D eigenvalue weighted by molar-refractivity contribution is -0.785. The zero-order valence-corrected chi connectivity index (χ0v) is 17.0. The molecule has 0 bridgehead atoms. The lowest BCUT2D eigenvalue weighted by atomic mass is 9.86. The summed E-state index contributed by atoms with van der Waals surface area (Å²) < 4.78 is 2.32. The maximum atomic E-state index is 11.5. The van der Waals surface area contributed by atoms with Gasteiger partial charge in [-0.1, -0.05) is 63.4 Å². The lowest BCUT2D eigenvalue weighted by Gasteiger charge is -2.33. The number of imidazole rings is 1. The number of nitrogens with zero attached hydrogens (tertiary/aromatic N) is 3. The first kappa shape index (κ1) is 19.7. The summed E-state index contributed by atoms with van der Waals surface area (Å²) in [5, 5.41) is 11.7. The number of hydrogen-bond acceptors (Lipinski definition) is 4. The molecule has 0 radical (unpaired) electrons. The average Bonchev–Trinajstić information content (AvgIpc) is 3.09. The predicted molar refractivity (Wildman–Crippen MR) is 106 cm³/mol. The largest absolute Gasteiger partial charge is 0.335 e. The Hall–Kier alpha value is -2.09. The quantitative estimate of drug-likeness (QED) is 0.347. The van der Waals surface area contributed by atoms with Crippen LogP contribution >= 0.6 is 39.1 Å². The highest BCUT2D eigenvalue weighted by molar-refractivity contribution is 9.10. The monoisotopic (exact) mass is 469 g/mol. The Morgan fingerprint density at radius 1 is 1.26 bits per heavy atom. The van der Waals surface area contributed by atoms with Gasteiger partial charge in [-0.2, -0.15) is 0 Å². The molecule has 0 amide bonds. The molecule has 3 rings (SSSR count). The van der Waals surface area contributed by atoms with Crippen molar-refractivity contribution in [2.75, 3.05) is 0 Å². The van der Waals surface area contributed by atoms with Gasteiger partial charge in [0.1, 0.15) is 0 Å². The van der Waals surface area contributed by atoms with Crippen molar-refractivity contribution in [3.8, 4) is 0 Å². The number of benzene rings is 2. The Labute approximate surface area is 173 Å². The topological polar surface area (TPSA) is 70.2 Å². The van der Waals surface area contributed by atoms with Gasteiger partial charge in [0.05, 0.1) is 12.9 Å². The van der Waals surface area contributed by atoms with Gasteiger partial charge >= 0.3 is 0 Å². The van der Waals surface area contributed by atoms with Crippen LogP contribution in [0, 0.1) is 10.1 Å².